The summed E-state index contributed by atoms with van der Waals surface area (Å²) in [6.45, 7) is 3.05. The Morgan fingerprint density at radius 3 is 2.53 bits per heavy atom. The first kappa shape index (κ1) is 14.8. The van der Waals surface area contributed by atoms with E-state index >= 15 is 0 Å². The lowest BCUT2D eigenvalue weighted by atomic mass is 9.96. The zero-order valence-electron chi connectivity index (χ0n) is 11.1. The van der Waals surface area contributed by atoms with Crippen molar-refractivity contribution in [2.24, 2.45) is 0 Å². The third kappa shape index (κ3) is 3.61. The van der Waals surface area contributed by atoms with Crippen molar-refractivity contribution in [3.8, 4) is 11.5 Å². The maximum atomic E-state index is 11.0. The van der Waals surface area contributed by atoms with Crippen molar-refractivity contribution in [1.29, 1.82) is 0 Å². The molecule has 0 saturated heterocycles. The van der Waals surface area contributed by atoms with Gasteiger partial charge in [0.2, 0.25) is 5.91 Å². The number of hydrogen-bond donors (Lipinski definition) is 3. The van der Waals surface area contributed by atoms with Crippen LogP contribution in [0.4, 0.5) is 5.69 Å². The van der Waals surface area contributed by atoms with Crippen molar-refractivity contribution >= 4 is 17.6 Å². The summed E-state index contributed by atoms with van der Waals surface area (Å²) in [7, 11) is 1.38. The van der Waals surface area contributed by atoms with E-state index < -0.39 is 5.97 Å². The zero-order valence-corrected chi connectivity index (χ0v) is 11.1. The van der Waals surface area contributed by atoms with Crippen LogP contribution in [0.1, 0.15) is 31.7 Å². The number of nitrogens with one attached hydrogen (secondary N) is 1. The smallest absolute Gasteiger partial charge is 0.303 e. The highest BCUT2D eigenvalue weighted by Crippen LogP contribution is 2.41. The van der Waals surface area contributed by atoms with E-state index in [1.54, 1.807) is 13.0 Å². The largest absolute Gasteiger partial charge is 0.503 e. The number of hydrogen-bond acceptors (Lipinski definition) is 4. The molecule has 0 saturated carbocycles. The van der Waals surface area contributed by atoms with Crippen molar-refractivity contribution in [2.45, 2.75) is 26.2 Å². The fourth-order valence-corrected chi connectivity index (χ4v) is 1.85. The van der Waals surface area contributed by atoms with Gasteiger partial charge >= 0.3 is 5.97 Å². The average Bonchev–Trinajstić information content (AvgIpc) is 2.29. The molecule has 0 radical (unpaired) electrons. The Hall–Kier alpha value is -2.24. The summed E-state index contributed by atoms with van der Waals surface area (Å²) in [5, 5.41) is 21.3. The van der Waals surface area contributed by atoms with Gasteiger partial charge in [0.05, 0.1) is 19.2 Å². The van der Waals surface area contributed by atoms with Crippen LogP contribution in [-0.2, 0) is 9.59 Å². The van der Waals surface area contributed by atoms with Crippen molar-refractivity contribution in [1.82, 2.24) is 0 Å². The van der Waals surface area contributed by atoms with Crippen LogP contribution in [0.5, 0.6) is 11.5 Å². The van der Waals surface area contributed by atoms with E-state index in [4.69, 9.17) is 9.84 Å². The lowest BCUT2D eigenvalue weighted by Crippen LogP contribution is -2.08. The molecule has 6 heteroatoms. The van der Waals surface area contributed by atoms with Gasteiger partial charge in [-0.15, -0.1) is 0 Å². The lowest BCUT2D eigenvalue weighted by Gasteiger charge is -2.17. The minimum Gasteiger partial charge on any atom is -0.503 e. The van der Waals surface area contributed by atoms with E-state index in [1.165, 1.54) is 20.1 Å². The van der Waals surface area contributed by atoms with E-state index in [0.29, 0.717) is 5.56 Å². The molecule has 104 valence electrons. The minimum absolute atomic E-state index is 0.0741. The first-order valence-electron chi connectivity index (χ1n) is 5.76. The van der Waals surface area contributed by atoms with Crippen LogP contribution in [0.3, 0.4) is 0 Å². The van der Waals surface area contributed by atoms with Gasteiger partial charge in [-0.25, -0.2) is 0 Å². The van der Waals surface area contributed by atoms with Crippen molar-refractivity contribution in [3.05, 3.63) is 17.7 Å². The molecule has 0 heterocycles. The Morgan fingerprint density at radius 1 is 1.42 bits per heavy atom. The number of carbonyl (C=O) groups excluding carboxylic acids is 1. The van der Waals surface area contributed by atoms with Crippen molar-refractivity contribution in [3.63, 3.8) is 0 Å². The van der Waals surface area contributed by atoms with Crippen LogP contribution < -0.4 is 10.1 Å². The molecule has 1 amide bonds. The van der Waals surface area contributed by atoms with E-state index in [9.17, 15) is 14.7 Å². The maximum Gasteiger partial charge on any atom is 0.303 e. The van der Waals surface area contributed by atoms with Gasteiger partial charge in [-0.2, -0.15) is 0 Å². The fourth-order valence-electron chi connectivity index (χ4n) is 1.85. The molecule has 1 rings (SSSR count). The minimum atomic E-state index is -0.931. The normalized spacial score (nSPS) is 11.7. The molecule has 6 nitrogen and oxygen atoms in total. The van der Waals surface area contributed by atoms with Crippen LogP contribution in [-0.4, -0.2) is 29.2 Å². The molecule has 0 aromatic heterocycles. The van der Waals surface area contributed by atoms with Crippen LogP contribution in [0.2, 0.25) is 0 Å². The molecule has 0 bridgehead atoms. The van der Waals surface area contributed by atoms with E-state index in [-0.39, 0.29) is 35.4 Å². The van der Waals surface area contributed by atoms with Gasteiger partial charge in [-0.3, -0.25) is 9.59 Å². The van der Waals surface area contributed by atoms with Gasteiger partial charge in [-0.1, -0.05) is 13.0 Å². The summed E-state index contributed by atoms with van der Waals surface area (Å²) >= 11 is 0. The van der Waals surface area contributed by atoms with Crippen molar-refractivity contribution < 1.29 is 24.5 Å². The Bertz CT molecular complexity index is 498. The number of phenolic OH excluding ortho intramolecular Hbond substituents is 1. The summed E-state index contributed by atoms with van der Waals surface area (Å²) in [5.74, 6) is -1.58. The zero-order chi connectivity index (χ0) is 14.6. The molecular formula is C13H17NO5. The quantitative estimate of drug-likeness (QED) is 0.708. The molecule has 0 aliphatic heterocycles. The summed E-state index contributed by atoms with van der Waals surface area (Å²) in [6.07, 6.45) is -0.0741. The fraction of sp³-hybridized carbons (Fsp3) is 0.385. The third-order valence-electron chi connectivity index (χ3n) is 2.69. The molecule has 19 heavy (non-hydrogen) atoms. The molecule has 1 atom stereocenters. The van der Waals surface area contributed by atoms with E-state index in [2.05, 4.69) is 5.32 Å². The Labute approximate surface area is 111 Å². The first-order chi connectivity index (χ1) is 8.86. The number of carboxylic acids is 1. The van der Waals surface area contributed by atoms with E-state index in [1.807, 2.05) is 0 Å². The second-order valence-electron chi connectivity index (χ2n) is 4.26. The summed E-state index contributed by atoms with van der Waals surface area (Å²) < 4.78 is 5.11. The van der Waals surface area contributed by atoms with Gasteiger partial charge in [0, 0.05) is 12.5 Å². The molecule has 0 spiro atoms. The molecule has 1 aromatic carbocycles. The second kappa shape index (κ2) is 6.08. The second-order valence-corrected chi connectivity index (χ2v) is 4.26. The number of aliphatic carboxylic acids is 1. The van der Waals surface area contributed by atoms with Crippen LogP contribution >= 0.6 is 0 Å². The average molecular weight is 267 g/mol. The number of carboxylic acid groups (broad SMARTS) is 1. The number of aromatic hydroxyl groups is 1. The Balaban J connectivity index is 3.17. The topological polar surface area (TPSA) is 95.9 Å². The number of phenols is 1. The molecule has 3 N–H and O–H groups in total. The van der Waals surface area contributed by atoms with Gasteiger partial charge < -0.3 is 20.3 Å². The molecule has 0 fully saturated rings. The molecule has 0 aliphatic carbocycles. The summed E-state index contributed by atoms with van der Waals surface area (Å²) in [6, 6.07) is 3.16. The number of ether oxygens (including phenoxy) is 1. The number of rotatable bonds is 5. The number of anilines is 1. The molecule has 0 aliphatic rings. The monoisotopic (exact) mass is 267 g/mol. The van der Waals surface area contributed by atoms with E-state index in [0.717, 1.165) is 0 Å². The highest BCUT2D eigenvalue weighted by atomic mass is 16.5. The third-order valence-corrected chi connectivity index (χ3v) is 2.69. The van der Waals surface area contributed by atoms with Gasteiger partial charge in [0.15, 0.2) is 11.5 Å². The molecule has 1 aromatic rings. The number of benzene rings is 1. The van der Waals surface area contributed by atoms with Crippen LogP contribution in [0, 0.1) is 0 Å². The molecule has 1 unspecified atom stereocenters. The predicted molar refractivity (Wildman–Crippen MR) is 69.6 cm³/mol. The number of amides is 1. The first-order valence-corrected chi connectivity index (χ1v) is 5.76. The van der Waals surface area contributed by atoms with Gasteiger partial charge in [0.25, 0.3) is 0 Å². The van der Waals surface area contributed by atoms with Crippen LogP contribution in [0.15, 0.2) is 12.1 Å². The van der Waals surface area contributed by atoms with Gasteiger partial charge in [-0.05, 0) is 12.0 Å². The number of carbonyl (C=O) groups is 2. The Morgan fingerprint density at radius 2 is 2.05 bits per heavy atom. The van der Waals surface area contributed by atoms with Crippen LogP contribution in [0.25, 0.3) is 0 Å². The summed E-state index contributed by atoms with van der Waals surface area (Å²) in [4.78, 5) is 21.7. The van der Waals surface area contributed by atoms with Crippen molar-refractivity contribution in [2.75, 3.05) is 12.4 Å². The standard InChI is InChI=1S/C13H17NO5/c1-7(6-11(16)17)9-4-5-10(14-8(2)15)12(18)13(9)19-3/h4-5,7,18H,6H2,1-3H3,(H,14,15)(H,16,17). The predicted octanol–water partition coefficient (Wildman–Crippen LogP) is 1.94. The SMILES string of the molecule is COc1c(C(C)CC(=O)O)ccc(NC(C)=O)c1O. The highest BCUT2D eigenvalue weighted by molar-refractivity contribution is 5.91. The molecular weight excluding hydrogens is 250 g/mol. The number of methoxy groups -OCH3 is 1. The maximum absolute atomic E-state index is 11.0. The van der Waals surface area contributed by atoms with Gasteiger partial charge in [0.1, 0.15) is 0 Å². The lowest BCUT2D eigenvalue weighted by molar-refractivity contribution is -0.137. The Kier molecular flexibility index (Phi) is 4.74. The highest BCUT2D eigenvalue weighted by Gasteiger charge is 2.20. The summed E-state index contributed by atoms with van der Waals surface area (Å²) in [5.41, 5.74) is 0.812.